The van der Waals surface area contributed by atoms with Crippen molar-refractivity contribution in [3.8, 4) is 0 Å². The lowest BCUT2D eigenvalue weighted by Gasteiger charge is -2.33. The maximum absolute atomic E-state index is 11.4. The summed E-state index contributed by atoms with van der Waals surface area (Å²) in [5.41, 5.74) is 13.0. The third kappa shape index (κ3) is 2.87. The number of rotatable bonds is 4. The van der Waals surface area contributed by atoms with Gasteiger partial charge in [-0.1, -0.05) is 0 Å². The van der Waals surface area contributed by atoms with Crippen LogP contribution in [-0.2, 0) is 0 Å². The van der Waals surface area contributed by atoms with Gasteiger partial charge in [-0.2, -0.15) is 0 Å². The van der Waals surface area contributed by atoms with Gasteiger partial charge < -0.3 is 16.4 Å². The molecule has 0 bridgehead atoms. The zero-order valence-electron chi connectivity index (χ0n) is 11.9. The fraction of sp³-hybridized carbons (Fsp3) is 0.467. The molecule has 0 saturated carbocycles. The molecule has 3 heterocycles. The first-order valence-corrected chi connectivity index (χ1v) is 8.14. The molecule has 0 atom stereocenters. The van der Waals surface area contributed by atoms with Crippen LogP contribution in [0, 0.1) is 5.92 Å². The first-order valence-electron chi connectivity index (χ1n) is 7.32. The van der Waals surface area contributed by atoms with E-state index >= 15 is 0 Å². The molecule has 0 radical (unpaired) electrons. The van der Waals surface area contributed by atoms with E-state index in [1.165, 1.54) is 29.9 Å². The number of fused-ring (bicyclic) bond motifs is 1. The van der Waals surface area contributed by atoms with Gasteiger partial charge >= 0.3 is 0 Å². The van der Waals surface area contributed by atoms with Crippen LogP contribution in [0.5, 0.6) is 0 Å². The van der Waals surface area contributed by atoms with E-state index in [0.717, 1.165) is 42.2 Å². The van der Waals surface area contributed by atoms with E-state index in [-0.39, 0.29) is 5.91 Å². The van der Waals surface area contributed by atoms with Crippen molar-refractivity contribution in [3.63, 3.8) is 0 Å². The second kappa shape index (κ2) is 5.99. The van der Waals surface area contributed by atoms with E-state index in [1.54, 1.807) is 12.3 Å². The minimum atomic E-state index is -0.384. The molecule has 1 aliphatic heterocycles. The molecule has 2 aromatic rings. The Balaban J connectivity index is 1.85. The Labute approximate surface area is 127 Å². The van der Waals surface area contributed by atoms with Crippen LogP contribution in [0.15, 0.2) is 18.3 Å². The molecule has 21 heavy (non-hydrogen) atoms. The summed E-state index contributed by atoms with van der Waals surface area (Å²) in [5.74, 6) is 0.360. The van der Waals surface area contributed by atoms with Gasteiger partial charge in [0.05, 0.1) is 20.8 Å². The topological polar surface area (TPSA) is 85.2 Å². The van der Waals surface area contributed by atoms with Gasteiger partial charge in [0, 0.05) is 19.3 Å². The van der Waals surface area contributed by atoms with Crippen LogP contribution in [0.2, 0.25) is 0 Å². The third-order valence-corrected chi connectivity index (χ3v) is 5.33. The standard InChI is InChI=1S/C15H20N4OS/c16-5-1-10-3-7-19(8-4-10)12-2-6-18-11-9-13(15(17)20)21-14(11)12/h2,6,9-10H,1,3-5,7-8,16H2,(H2,17,20). The minimum Gasteiger partial charge on any atom is -0.370 e. The minimum absolute atomic E-state index is 0.384. The average molecular weight is 304 g/mol. The van der Waals surface area contributed by atoms with Gasteiger partial charge in [0.1, 0.15) is 0 Å². The number of hydrogen-bond acceptors (Lipinski definition) is 5. The average Bonchev–Trinajstić information content (AvgIpc) is 2.93. The maximum Gasteiger partial charge on any atom is 0.258 e. The number of nitrogens with zero attached hydrogens (tertiary/aromatic N) is 2. The molecule has 1 fully saturated rings. The number of amides is 1. The molecule has 0 aromatic carbocycles. The molecule has 1 amide bonds. The number of anilines is 1. The molecule has 112 valence electrons. The van der Waals surface area contributed by atoms with Crippen molar-refractivity contribution < 1.29 is 4.79 Å². The van der Waals surface area contributed by atoms with E-state index in [0.29, 0.717) is 4.88 Å². The number of thiophene rings is 1. The zero-order chi connectivity index (χ0) is 14.8. The summed E-state index contributed by atoms with van der Waals surface area (Å²) in [4.78, 5) is 18.7. The number of aromatic nitrogens is 1. The summed E-state index contributed by atoms with van der Waals surface area (Å²) in [6.45, 7) is 2.85. The van der Waals surface area contributed by atoms with Crippen molar-refractivity contribution in [1.29, 1.82) is 0 Å². The van der Waals surface area contributed by atoms with E-state index < -0.39 is 0 Å². The molecule has 5 nitrogen and oxygen atoms in total. The van der Waals surface area contributed by atoms with Crippen molar-refractivity contribution in [3.05, 3.63) is 23.2 Å². The maximum atomic E-state index is 11.4. The predicted octanol–water partition coefficient (Wildman–Crippen LogP) is 1.96. The predicted molar refractivity (Wildman–Crippen MR) is 86.7 cm³/mol. The van der Waals surface area contributed by atoms with Crippen LogP contribution in [-0.4, -0.2) is 30.5 Å². The second-order valence-electron chi connectivity index (χ2n) is 5.53. The number of pyridine rings is 1. The van der Waals surface area contributed by atoms with E-state index in [1.807, 2.05) is 6.07 Å². The Hall–Kier alpha value is -1.66. The highest BCUT2D eigenvalue weighted by Crippen LogP contribution is 2.35. The van der Waals surface area contributed by atoms with Gasteiger partial charge in [0.25, 0.3) is 5.91 Å². The molecule has 1 saturated heterocycles. The molecule has 3 rings (SSSR count). The van der Waals surface area contributed by atoms with E-state index in [2.05, 4.69) is 9.88 Å². The SMILES string of the molecule is NCCC1CCN(c2ccnc3cc(C(N)=O)sc23)CC1. The Bertz CT molecular complexity index is 646. The lowest BCUT2D eigenvalue weighted by Crippen LogP contribution is -2.34. The van der Waals surface area contributed by atoms with Gasteiger partial charge in [0.15, 0.2) is 0 Å². The fourth-order valence-corrected chi connectivity index (χ4v) is 4.00. The largest absolute Gasteiger partial charge is 0.370 e. The number of nitrogens with two attached hydrogens (primary N) is 2. The van der Waals surface area contributed by atoms with Crippen LogP contribution in [0.4, 0.5) is 5.69 Å². The van der Waals surface area contributed by atoms with Crippen molar-refractivity contribution in [2.45, 2.75) is 19.3 Å². The Morgan fingerprint density at radius 3 is 2.86 bits per heavy atom. The van der Waals surface area contributed by atoms with Crippen molar-refractivity contribution in [2.75, 3.05) is 24.5 Å². The number of hydrogen-bond donors (Lipinski definition) is 2. The first kappa shape index (κ1) is 14.3. The smallest absolute Gasteiger partial charge is 0.258 e. The molecule has 6 heteroatoms. The second-order valence-corrected chi connectivity index (χ2v) is 6.58. The molecule has 0 spiro atoms. The van der Waals surface area contributed by atoms with Gasteiger partial charge in [-0.25, -0.2) is 0 Å². The first-order chi connectivity index (χ1) is 10.2. The van der Waals surface area contributed by atoms with Gasteiger partial charge in [-0.15, -0.1) is 11.3 Å². The molecular formula is C15H20N4OS. The molecule has 2 aromatic heterocycles. The van der Waals surface area contributed by atoms with Crippen LogP contribution in [0.25, 0.3) is 10.2 Å². The van der Waals surface area contributed by atoms with Crippen LogP contribution < -0.4 is 16.4 Å². The number of carbonyl (C=O) groups is 1. The number of carbonyl (C=O) groups excluding carboxylic acids is 1. The Morgan fingerprint density at radius 1 is 1.43 bits per heavy atom. The highest BCUT2D eigenvalue weighted by molar-refractivity contribution is 7.21. The van der Waals surface area contributed by atoms with Crippen molar-refractivity contribution >= 4 is 33.1 Å². The van der Waals surface area contributed by atoms with Gasteiger partial charge in [-0.3, -0.25) is 9.78 Å². The summed E-state index contributed by atoms with van der Waals surface area (Å²) < 4.78 is 1.06. The number of piperidine rings is 1. The van der Waals surface area contributed by atoms with Gasteiger partial charge in [0.2, 0.25) is 0 Å². The van der Waals surface area contributed by atoms with E-state index in [4.69, 9.17) is 11.5 Å². The number of primary amides is 1. The van der Waals surface area contributed by atoms with Gasteiger partial charge in [-0.05, 0) is 43.9 Å². The lowest BCUT2D eigenvalue weighted by atomic mass is 9.93. The Kier molecular flexibility index (Phi) is 4.07. The van der Waals surface area contributed by atoms with Crippen LogP contribution in [0.1, 0.15) is 28.9 Å². The van der Waals surface area contributed by atoms with Crippen molar-refractivity contribution in [2.24, 2.45) is 17.4 Å². The zero-order valence-corrected chi connectivity index (χ0v) is 12.7. The lowest BCUT2D eigenvalue weighted by molar-refractivity contribution is 0.100. The van der Waals surface area contributed by atoms with E-state index in [9.17, 15) is 4.79 Å². The third-order valence-electron chi connectivity index (χ3n) is 4.16. The monoisotopic (exact) mass is 304 g/mol. The summed E-state index contributed by atoms with van der Waals surface area (Å²) in [5, 5.41) is 0. The quantitative estimate of drug-likeness (QED) is 0.904. The van der Waals surface area contributed by atoms with Crippen molar-refractivity contribution in [1.82, 2.24) is 4.98 Å². The highest BCUT2D eigenvalue weighted by Gasteiger charge is 2.21. The summed E-state index contributed by atoms with van der Waals surface area (Å²) in [6.07, 6.45) is 5.27. The fourth-order valence-electron chi connectivity index (χ4n) is 2.99. The molecule has 0 unspecified atom stereocenters. The summed E-state index contributed by atoms with van der Waals surface area (Å²) in [7, 11) is 0. The molecule has 1 aliphatic rings. The normalized spacial score (nSPS) is 16.5. The molecule has 4 N–H and O–H groups in total. The highest BCUT2D eigenvalue weighted by atomic mass is 32.1. The summed E-state index contributed by atoms with van der Waals surface area (Å²) in [6, 6.07) is 3.82. The van der Waals surface area contributed by atoms with Crippen LogP contribution >= 0.6 is 11.3 Å². The summed E-state index contributed by atoms with van der Waals surface area (Å²) >= 11 is 1.44. The Morgan fingerprint density at radius 2 is 2.19 bits per heavy atom. The van der Waals surface area contributed by atoms with Crippen LogP contribution in [0.3, 0.4) is 0 Å². The molecular weight excluding hydrogens is 284 g/mol. The molecule has 0 aliphatic carbocycles.